The number of nitrogens with one attached hydrogen (secondary N) is 1. The molecule has 0 atom stereocenters. The van der Waals surface area contributed by atoms with Crippen LogP contribution in [0.5, 0.6) is 5.75 Å². The number of halogens is 3. The number of rotatable bonds is 7. The molecule has 0 aliphatic carbocycles. The zero-order valence-corrected chi connectivity index (χ0v) is 18.3. The molecule has 2 aromatic carbocycles. The molecule has 10 heteroatoms. The molecule has 0 saturated heterocycles. The third kappa shape index (κ3) is 5.50. The van der Waals surface area contributed by atoms with Crippen molar-refractivity contribution in [3.63, 3.8) is 0 Å². The van der Waals surface area contributed by atoms with Crippen molar-refractivity contribution in [1.29, 1.82) is 0 Å². The summed E-state index contributed by atoms with van der Waals surface area (Å²) in [5.74, 6) is -0.0745. The van der Waals surface area contributed by atoms with E-state index in [0.717, 1.165) is 10.0 Å². The van der Waals surface area contributed by atoms with Gasteiger partial charge in [0.15, 0.2) is 12.4 Å². The van der Waals surface area contributed by atoms with Gasteiger partial charge in [0.2, 0.25) is 0 Å². The van der Waals surface area contributed by atoms with E-state index in [1.54, 1.807) is 53.5 Å². The Morgan fingerprint density at radius 2 is 2.06 bits per heavy atom. The highest BCUT2D eigenvalue weighted by atomic mass is 79.9. The van der Waals surface area contributed by atoms with E-state index >= 15 is 0 Å². The van der Waals surface area contributed by atoms with Gasteiger partial charge in [0.1, 0.15) is 11.6 Å². The number of aromatic nitrogens is 4. The van der Waals surface area contributed by atoms with Gasteiger partial charge in [-0.15, -0.1) is 0 Å². The number of carbonyl (C=O) groups excluding carboxylic acids is 1. The Hall–Kier alpha value is -3.17. The third-order valence-corrected chi connectivity index (χ3v) is 5.10. The highest BCUT2D eigenvalue weighted by Crippen LogP contribution is 2.28. The summed E-state index contributed by atoms with van der Waals surface area (Å²) in [4.78, 5) is 12.5. The zero-order valence-electron chi connectivity index (χ0n) is 16.0. The summed E-state index contributed by atoms with van der Waals surface area (Å²) in [6, 6.07) is 13.1. The van der Waals surface area contributed by atoms with Gasteiger partial charge in [-0.1, -0.05) is 23.7 Å². The van der Waals surface area contributed by atoms with E-state index in [-0.39, 0.29) is 24.1 Å². The fourth-order valence-electron chi connectivity index (χ4n) is 2.81. The van der Waals surface area contributed by atoms with Crippen LogP contribution in [0.1, 0.15) is 16.1 Å². The fourth-order valence-corrected chi connectivity index (χ4v) is 3.61. The van der Waals surface area contributed by atoms with Crippen LogP contribution in [0.15, 0.2) is 71.6 Å². The lowest BCUT2D eigenvalue weighted by atomic mass is 10.2. The molecular formula is C21H16BrClFN5O2. The lowest BCUT2D eigenvalue weighted by Gasteiger charge is -2.08. The molecule has 0 aliphatic heterocycles. The molecule has 4 aromatic rings. The van der Waals surface area contributed by atoms with E-state index in [9.17, 15) is 9.18 Å². The maximum absolute atomic E-state index is 13.3. The number of hydrogen-bond donors (Lipinski definition) is 1. The zero-order chi connectivity index (χ0) is 21.8. The van der Waals surface area contributed by atoms with Crippen LogP contribution in [0.2, 0.25) is 5.02 Å². The molecule has 1 amide bonds. The number of ether oxygens (including phenoxy) is 1. The molecule has 31 heavy (non-hydrogen) atoms. The molecule has 0 spiro atoms. The molecule has 0 bridgehead atoms. The second kappa shape index (κ2) is 9.32. The molecule has 0 aliphatic rings. The van der Waals surface area contributed by atoms with Crippen molar-refractivity contribution in [2.24, 2.45) is 0 Å². The van der Waals surface area contributed by atoms with Gasteiger partial charge < -0.3 is 10.1 Å². The number of hydrogen-bond acceptors (Lipinski definition) is 4. The molecule has 0 unspecified atom stereocenters. The summed E-state index contributed by atoms with van der Waals surface area (Å²) >= 11 is 9.30. The van der Waals surface area contributed by atoms with E-state index in [1.807, 2.05) is 0 Å². The van der Waals surface area contributed by atoms with Gasteiger partial charge in [-0.05, 0) is 57.9 Å². The first-order valence-corrected chi connectivity index (χ1v) is 10.3. The number of carbonyl (C=O) groups is 1. The van der Waals surface area contributed by atoms with E-state index in [2.05, 4.69) is 31.4 Å². The fraction of sp³-hybridized carbons (Fsp3) is 0.0952. The molecule has 158 valence electrons. The number of nitrogens with zero attached hydrogens (tertiary/aromatic N) is 4. The number of anilines is 1. The smallest absolute Gasteiger partial charge is 0.276 e. The molecule has 2 heterocycles. The van der Waals surface area contributed by atoms with Crippen molar-refractivity contribution in [2.75, 3.05) is 5.32 Å². The Morgan fingerprint density at radius 1 is 1.19 bits per heavy atom. The molecule has 0 saturated carbocycles. The van der Waals surface area contributed by atoms with E-state index < -0.39 is 0 Å². The molecule has 0 radical (unpaired) electrons. The van der Waals surface area contributed by atoms with Crippen molar-refractivity contribution in [3.8, 4) is 5.75 Å². The lowest BCUT2D eigenvalue weighted by Crippen LogP contribution is -2.14. The molecule has 7 nitrogen and oxygen atoms in total. The van der Waals surface area contributed by atoms with E-state index in [1.165, 1.54) is 23.0 Å². The first-order valence-electron chi connectivity index (χ1n) is 9.16. The van der Waals surface area contributed by atoms with Gasteiger partial charge in [0.25, 0.3) is 5.91 Å². The maximum atomic E-state index is 13.3. The average molecular weight is 505 g/mol. The number of benzene rings is 2. The molecule has 0 fully saturated rings. The van der Waals surface area contributed by atoms with Gasteiger partial charge in [-0.25, -0.2) is 9.07 Å². The lowest BCUT2D eigenvalue weighted by molar-refractivity contribution is 0.102. The maximum Gasteiger partial charge on any atom is 0.276 e. The minimum atomic E-state index is -0.378. The van der Waals surface area contributed by atoms with Crippen molar-refractivity contribution in [2.45, 2.75) is 13.3 Å². The largest absolute Gasteiger partial charge is 0.470 e. The van der Waals surface area contributed by atoms with Crippen LogP contribution in [0.4, 0.5) is 10.1 Å². The van der Waals surface area contributed by atoms with Gasteiger partial charge in [-0.2, -0.15) is 10.2 Å². The van der Waals surface area contributed by atoms with Crippen LogP contribution < -0.4 is 10.1 Å². The Labute approximate surface area is 190 Å². The van der Waals surface area contributed by atoms with Gasteiger partial charge in [-0.3, -0.25) is 9.48 Å². The average Bonchev–Trinajstić information content (AvgIpc) is 3.37. The first-order chi connectivity index (χ1) is 15.0. The van der Waals surface area contributed by atoms with E-state index in [0.29, 0.717) is 23.0 Å². The highest BCUT2D eigenvalue weighted by Gasteiger charge is 2.12. The van der Waals surface area contributed by atoms with Crippen LogP contribution in [-0.4, -0.2) is 25.5 Å². The minimum Gasteiger partial charge on any atom is -0.470 e. The van der Waals surface area contributed by atoms with Crippen molar-refractivity contribution in [1.82, 2.24) is 19.6 Å². The predicted molar refractivity (Wildman–Crippen MR) is 118 cm³/mol. The van der Waals surface area contributed by atoms with Crippen LogP contribution in [0.25, 0.3) is 0 Å². The van der Waals surface area contributed by atoms with E-state index in [4.69, 9.17) is 16.3 Å². The Balaban J connectivity index is 1.34. The second-order valence-corrected chi connectivity index (χ2v) is 7.89. The normalized spacial score (nSPS) is 10.8. The minimum absolute atomic E-state index is 0.124. The monoisotopic (exact) mass is 503 g/mol. The van der Waals surface area contributed by atoms with Crippen molar-refractivity contribution < 1.29 is 13.9 Å². The molecule has 2 aromatic heterocycles. The summed E-state index contributed by atoms with van der Waals surface area (Å²) < 4.78 is 22.8. The Bertz CT molecular complexity index is 1230. The second-order valence-electron chi connectivity index (χ2n) is 6.60. The van der Waals surface area contributed by atoms with Crippen LogP contribution in [0.3, 0.4) is 0 Å². The van der Waals surface area contributed by atoms with Crippen molar-refractivity contribution >= 4 is 39.1 Å². The summed E-state index contributed by atoms with van der Waals surface area (Å²) in [5.41, 5.74) is 1.51. The van der Waals surface area contributed by atoms with Crippen LogP contribution >= 0.6 is 27.5 Å². The molecule has 4 rings (SSSR count). The van der Waals surface area contributed by atoms with Crippen molar-refractivity contribution in [3.05, 3.63) is 93.7 Å². The Morgan fingerprint density at radius 3 is 2.87 bits per heavy atom. The Kier molecular flexibility index (Phi) is 6.34. The van der Waals surface area contributed by atoms with Crippen LogP contribution in [0, 0.1) is 5.82 Å². The summed E-state index contributed by atoms with van der Waals surface area (Å²) in [5, 5.41) is 11.7. The highest BCUT2D eigenvalue weighted by molar-refractivity contribution is 9.10. The third-order valence-electron chi connectivity index (χ3n) is 4.24. The molecular weight excluding hydrogens is 489 g/mol. The van der Waals surface area contributed by atoms with Crippen LogP contribution in [-0.2, 0) is 13.3 Å². The van der Waals surface area contributed by atoms with Gasteiger partial charge in [0.05, 0.1) is 22.9 Å². The topological polar surface area (TPSA) is 74.0 Å². The summed E-state index contributed by atoms with van der Waals surface area (Å²) in [7, 11) is 0. The molecule has 1 N–H and O–H groups in total. The first kappa shape index (κ1) is 21.1. The number of amides is 1. The van der Waals surface area contributed by atoms with Gasteiger partial charge >= 0.3 is 0 Å². The summed E-state index contributed by atoms with van der Waals surface area (Å²) in [6.45, 7) is 0.513. The van der Waals surface area contributed by atoms with Gasteiger partial charge in [0, 0.05) is 17.4 Å². The predicted octanol–water partition coefficient (Wildman–Crippen LogP) is 4.97. The SMILES string of the molecule is O=C(Nc1cnn(Cc2cccc(F)c2)c1)c1ccn(COc2ccc(Cl)cc2Br)n1. The summed E-state index contributed by atoms with van der Waals surface area (Å²) in [6.07, 6.45) is 4.84. The standard InChI is InChI=1S/C21H16BrClFN5O2/c22-18-9-15(23)4-5-20(18)31-13-28-7-6-19(27-28)21(30)26-17-10-25-29(12-17)11-14-2-1-3-16(24)8-14/h1-10,12H,11,13H2,(H,26,30). The quantitative estimate of drug-likeness (QED) is 0.386.